The Labute approximate surface area is 174 Å². The van der Waals surface area contributed by atoms with Crippen LogP contribution in [0.15, 0.2) is 66.7 Å². The molecular weight excluding hydrogens is 391 g/mol. The molecule has 3 nitrogen and oxygen atoms in total. The number of para-hydroxylation sites is 2. The third-order valence-corrected chi connectivity index (χ3v) is 5.38. The number of nitrogens with zero attached hydrogens (tertiary/aromatic N) is 1. The second-order valence-corrected chi connectivity index (χ2v) is 7.35. The molecule has 3 aromatic carbocycles. The summed E-state index contributed by atoms with van der Waals surface area (Å²) in [6.45, 7) is 0.723. The van der Waals surface area contributed by atoms with Crippen molar-refractivity contribution in [1.82, 2.24) is 5.32 Å². The van der Waals surface area contributed by atoms with Crippen molar-refractivity contribution < 1.29 is 4.79 Å². The lowest BCUT2D eigenvalue weighted by Gasteiger charge is -2.25. The number of hydrogen-bond donors (Lipinski definition) is 1. The SMILES string of the molecule is O=C(CNCc1ccc(Cl)c(Cl)c1)N1c2ccccc2C=Cc2ccccc21. The summed E-state index contributed by atoms with van der Waals surface area (Å²) in [7, 11) is 0. The summed E-state index contributed by atoms with van der Waals surface area (Å²) in [5, 5.41) is 4.24. The highest BCUT2D eigenvalue weighted by atomic mass is 35.5. The summed E-state index contributed by atoms with van der Waals surface area (Å²) in [6, 6.07) is 21.3. The zero-order valence-electron chi connectivity index (χ0n) is 15.0. The molecule has 0 radical (unpaired) electrons. The second kappa shape index (κ2) is 8.19. The van der Waals surface area contributed by atoms with Crippen LogP contribution in [-0.2, 0) is 11.3 Å². The molecule has 0 aliphatic carbocycles. The number of hydrogen-bond acceptors (Lipinski definition) is 2. The third kappa shape index (κ3) is 3.83. The fourth-order valence-corrected chi connectivity index (χ4v) is 3.61. The number of nitrogens with one attached hydrogen (secondary N) is 1. The summed E-state index contributed by atoms with van der Waals surface area (Å²) in [5.41, 5.74) is 4.75. The monoisotopic (exact) mass is 408 g/mol. The minimum Gasteiger partial charge on any atom is -0.304 e. The van der Waals surface area contributed by atoms with Gasteiger partial charge in [0.05, 0.1) is 28.0 Å². The van der Waals surface area contributed by atoms with Crippen LogP contribution in [0.2, 0.25) is 10.0 Å². The maximum Gasteiger partial charge on any atom is 0.245 e. The Hall–Kier alpha value is -2.59. The van der Waals surface area contributed by atoms with Crippen LogP contribution in [-0.4, -0.2) is 12.5 Å². The Bertz CT molecular complexity index is 1010. The van der Waals surface area contributed by atoms with Crippen molar-refractivity contribution in [1.29, 1.82) is 0 Å². The molecule has 0 unspecified atom stereocenters. The van der Waals surface area contributed by atoms with E-state index in [2.05, 4.69) is 5.32 Å². The molecule has 4 rings (SSSR count). The average molecular weight is 409 g/mol. The van der Waals surface area contributed by atoms with Crippen LogP contribution in [0.25, 0.3) is 12.2 Å². The highest BCUT2D eigenvalue weighted by Gasteiger charge is 2.23. The third-order valence-electron chi connectivity index (χ3n) is 4.64. The Morgan fingerprint density at radius 3 is 2.04 bits per heavy atom. The molecule has 1 heterocycles. The van der Waals surface area contributed by atoms with E-state index in [0.717, 1.165) is 28.1 Å². The number of halogens is 2. The molecule has 0 atom stereocenters. The fraction of sp³-hybridized carbons (Fsp3) is 0.0870. The van der Waals surface area contributed by atoms with Crippen LogP contribution in [0.5, 0.6) is 0 Å². The number of benzene rings is 3. The van der Waals surface area contributed by atoms with Crippen molar-refractivity contribution in [3.05, 3.63) is 93.5 Å². The van der Waals surface area contributed by atoms with Crippen LogP contribution in [0, 0.1) is 0 Å². The van der Waals surface area contributed by atoms with Gasteiger partial charge in [-0.1, -0.05) is 77.8 Å². The summed E-state index contributed by atoms with van der Waals surface area (Å²) in [4.78, 5) is 15.0. The van der Waals surface area contributed by atoms with E-state index in [9.17, 15) is 4.79 Å². The lowest BCUT2D eigenvalue weighted by molar-refractivity contribution is -0.117. The van der Waals surface area contributed by atoms with Gasteiger partial charge in [0.25, 0.3) is 0 Å². The molecular formula is C23H18Cl2N2O. The molecule has 1 N–H and O–H groups in total. The molecule has 1 aliphatic heterocycles. The van der Waals surface area contributed by atoms with Gasteiger partial charge < -0.3 is 5.32 Å². The van der Waals surface area contributed by atoms with E-state index in [-0.39, 0.29) is 12.5 Å². The largest absolute Gasteiger partial charge is 0.304 e. The smallest absolute Gasteiger partial charge is 0.245 e. The van der Waals surface area contributed by atoms with E-state index in [1.807, 2.05) is 72.8 Å². The number of rotatable bonds is 4. The van der Waals surface area contributed by atoms with Crippen LogP contribution in [0.1, 0.15) is 16.7 Å². The van der Waals surface area contributed by atoms with E-state index in [0.29, 0.717) is 16.6 Å². The fourth-order valence-electron chi connectivity index (χ4n) is 3.28. The van der Waals surface area contributed by atoms with Crippen molar-refractivity contribution in [2.75, 3.05) is 11.4 Å². The molecule has 0 spiro atoms. The van der Waals surface area contributed by atoms with Crippen LogP contribution in [0.4, 0.5) is 11.4 Å². The zero-order valence-corrected chi connectivity index (χ0v) is 16.5. The van der Waals surface area contributed by atoms with Gasteiger partial charge in [0, 0.05) is 6.54 Å². The van der Waals surface area contributed by atoms with Crippen LogP contribution < -0.4 is 10.2 Å². The maximum absolute atomic E-state index is 13.2. The van der Waals surface area contributed by atoms with Crippen LogP contribution in [0.3, 0.4) is 0 Å². The van der Waals surface area contributed by atoms with Crippen molar-refractivity contribution in [2.45, 2.75) is 6.54 Å². The standard InChI is InChI=1S/C23H18Cl2N2O/c24-19-12-9-16(13-20(19)25)14-26-15-23(28)27-21-7-3-1-5-17(21)10-11-18-6-2-4-8-22(18)27/h1-13,26H,14-15H2. The lowest BCUT2D eigenvalue weighted by atomic mass is 10.1. The molecule has 0 fully saturated rings. The van der Waals surface area contributed by atoms with E-state index in [1.54, 1.807) is 11.0 Å². The van der Waals surface area contributed by atoms with Gasteiger partial charge >= 0.3 is 0 Å². The van der Waals surface area contributed by atoms with Gasteiger partial charge in [0.1, 0.15) is 0 Å². The number of anilines is 2. The van der Waals surface area contributed by atoms with Gasteiger partial charge in [-0.2, -0.15) is 0 Å². The van der Waals surface area contributed by atoms with Crippen molar-refractivity contribution in [3.63, 3.8) is 0 Å². The molecule has 0 saturated heterocycles. The molecule has 1 aliphatic rings. The first-order valence-electron chi connectivity index (χ1n) is 8.97. The predicted octanol–water partition coefficient (Wildman–Crippen LogP) is 5.93. The van der Waals surface area contributed by atoms with E-state index >= 15 is 0 Å². The normalized spacial score (nSPS) is 12.3. The molecule has 0 bridgehead atoms. The van der Waals surface area contributed by atoms with Crippen molar-refractivity contribution in [3.8, 4) is 0 Å². The number of carbonyl (C=O) groups is 1. The molecule has 3 aromatic rings. The molecule has 140 valence electrons. The Morgan fingerprint density at radius 1 is 0.821 bits per heavy atom. The number of amides is 1. The summed E-state index contributed by atoms with van der Waals surface area (Å²) >= 11 is 12.0. The first-order valence-corrected chi connectivity index (χ1v) is 9.73. The average Bonchev–Trinajstić information content (AvgIpc) is 2.87. The van der Waals surface area contributed by atoms with E-state index < -0.39 is 0 Å². The minimum absolute atomic E-state index is 0.0244. The highest BCUT2D eigenvalue weighted by molar-refractivity contribution is 6.42. The zero-order chi connectivity index (χ0) is 19.5. The Balaban J connectivity index is 1.56. The van der Waals surface area contributed by atoms with E-state index in [1.165, 1.54) is 0 Å². The topological polar surface area (TPSA) is 32.3 Å². The second-order valence-electron chi connectivity index (χ2n) is 6.53. The Morgan fingerprint density at radius 2 is 1.43 bits per heavy atom. The first kappa shape index (κ1) is 18.8. The lowest BCUT2D eigenvalue weighted by Crippen LogP contribution is -2.35. The van der Waals surface area contributed by atoms with Gasteiger partial charge in [0.15, 0.2) is 0 Å². The molecule has 1 amide bonds. The van der Waals surface area contributed by atoms with Gasteiger partial charge in [-0.3, -0.25) is 9.69 Å². The predicted molar refractivity (Wildman–Crippen MR) is 117 cm³/mol. The maximum atomic E-state index is 13.2. The quantitative estimate of drug-likeness (QED) is 0.579. The minimum atomic E-state index is -0.0244. The summed E-state index contributed by atoms with van der Waals surface area (Å²) < 4.78 is 0. The van der Waals surface area contributed by atoms with Crippen molar-refractivity contribution >= 4 is 52.6 Å². The summed E-state index contributed by atoms with van der Waals surface area (Å²) in [5.74, 6) is -0.0244. The molecule has 28 heavy (non-hydrogen) atoms. The highest BCUT2D eigenvalue weighted by Crippen LogP contribution is 2.36. The molecule has 0 saturated carbocycles. The van der Waals surface area contributed by atoms with Gasteiger partial charge in [-0.15, -0.1) is 0 Å². The van der Waals surface area contributed by atoms with Crippen LogP contribution >= 0.6 is 23.2 Å². The van der Waals surface area contributed by atoms with E-state index in [4.69, 9.17) is 23.2 Å². The van der Waals surface area contributed by atoms with Gasteiger partial charge in [0.2, 0.25) is 5.91 Å². The van der Waals surface area contributed by atoms with Gasteiger partial charge in [-0.05, 0) is 41.0 Å². The number of fused-ring (bicyclic) bond motifs is 2. The molecule has 5 heteroatoms. The molecule has 0 aromatic heterocycles. The number of carbonyl (C=O) groups excluding carboxylic acids is 1. The first-order chi connectivity index (χ1) is 13.6. The van der Waals surface area contributed by atoms with Crippen molar-refractivity contribution in [2.24, 2.45) is 0 Å². The summed E-state index contributed by atoms with van der Waals surface area (Å²) in [6.07, 6.45) is 4.09. The Kier molecular flexibility index (Phi) is 5.49. The van der Waals surface area contributed by atoms with Gasteiger partial charge in [-0.25, -0.2) is 0 Å².